The minimum absolute atomic E-state index is 0.0140. The molecule has 2 aromatic rings. The summed E-state index contributed by atoms with van der Waals surface area (Å²) in [4.78, 5) is 34.7. The van der Waals surface area contributed by atoms with Crippen LogP contribution in [0.4, 0.5) is 19.0 Å². The summed E-state index contributed by atoms with van der Waals surface area (Å²) in [5.74, 6) is -2.17. The normalized spacial score (nSPS) is 12.2. The molecule has 0 bridgehead atoms. The van der Waals surface area contributed by atoms with Crippen LogP contribution in [0.15, 0.2) is 30.7 Å². The van der Waals surface area contributed by atoms with E-state index in [1.807, 2.05) is 6.92 Å². The van der Waals surface area contributed by atoms with Crippen molar-refractivity contribution in [3.8, 4) is 11.4 Å². The lowest BCUT2D eigenvalue weighted by molar-refractivity contribution is -0.154. The molecule has 2 amide bonds. The molecule has 0 aliphatic carbocycles. The quantitative estimate of drug-likeness (QED) is 0.213. The van der Waals surface area contributed by atoms with Crippen molar-refractivity contribution >= 4 is 18.1 Å². The van der Waals surface area contributed by atoms with Gasteiger partial charge in [0.15, 0.2) is 11.6 Å². The second-order valence-electron chi connectivity index (χ2n) is 6.73. The Balaban J connectivity index is 2.21. The van der Waals surface area contributed by atoms with Gasteiger partial charge in [-0.1, -0.05) is 26.2 Å². The molecular weight excluding hydrogens is 417 g/mol. The predicted octanol–water partition coefficient (Wildman–Crippen LogP) is 3.04. The highest BCUT2D eigenvalue weighted by molar-refractivity contribution is 5.80. The number of pyridine rings is 1. The number of carbonyl (C=O) groups is 2. The molecule has 168 valence electrons. The summed E-state index contributed by atoms with van der Waals surface area (Å²) in [5.41, 5.74) is 3.64. The number of hydrazine groups is 1. The van der Waals surface area contributed by atoms with Crippen molar-refractivity contribution < 1.29 is 28.0 Å². The molecule has 0 aromatic carbocycles. The summed E-state index contributed by atoms with van der Waals surface area (Å²) in [6, 6.07) is 3.16. The van der Waals surface area contributed by atoms with E-state index >= 15 is 0 Å². The van der Waals surface area contributed by atoms with Crippen molar-refractivity contribution in [3.05, 3.63) is 36.3 Å². The van der Waals surface area contributed by atoms with Crippen LogP contribution in [-0.4, -0.2) is 44.1 Å². The lowest BCUT2D eigenvalue weighted by Crippen LogP contribution is -2.40. The van der Waals surface area contributed by atoms with Gasteiger partial charge in [-0.3, -0.25) is 30.6 Å². The van der Waals surface area contributed by atoms with Crippen molar-refractivity contribution in [2.24, 2.45) is 5.92 Å². The summed E-state index contributed by atoms with van der Waals surface area (Å²) >= 11 is 0. The molecule has 1 atom stereocenters. The van der Waals surface area contributed by atoms with Gasteiger partial charge in [-0.05, 0) is 18.6 Å². The van der Waals surface area contributed by atoms with E-state index in [2.05, 4.69) is 25.8 Å². The molecule has 2 rings (SSSR count). The number of hydroxylamine groups is 2. The number of nitrogens with zero attached hydrogens (tertiary/aromatic N) is 4. The van der Waals surface area contributed by atoms with E-state index in [9.17, 15) is 28.0 Å². The molecule has 3 N–H and O–H groups in total. The average molecular weight is 440 g/mol. The molecule has 9 nitrogen and oxygen atoms in total. The van der Waals surface area contributed by atoms with Gasteiger partial charge in [0.25, 0.3) is 0 Å². The Labute approximate surface area is 176 Å². The molecule has 0 spiro atoms. The molecular formula is C19H23F3N6O3. The van der Waals surface area contributed by atoms with E-state index in [0.717, 1.165) is 12.8 Å². The van der Waals surface area contributed by atoms with Gasteiger partial charge >= 0.3 is 6.18 Å². The molecule has 0 saturated carbocycles. The third-order valence-corrected chi connectivity index (χ3v) is 4.37. The highest BCUT2D eigenvalue weighted by Crippen LogP contribution is 2.34. The summed E-state index contributed by atoms with van der Waals surface area (Å²) < 4.78 is 40.1. The van der Waals surface area contributed by atoms with Gasteiger partial charge < -0.3 is 0 Å². The number of nitrogens with one attached hydrogen (secondary N) is 2. The van der Waals surface area contributed by atoms with Gasteiger partial charge in [-0.2, -0.15) is 13.2 Å². The number of hydrogen-bond donors (Lipinski definition) is 3. The maximum atomic E-state index is 13.4. The van der Waals surface area contributed by atoms with E-state index in [1.165, 1.54) is 12.4 Å². The first kappa shape index (κ1) is 24.0. The van der Waals surface area contributed by atoms with E-state index in [4.69, 9.17) is 0 Å². The monoisotopic (exact) mass is 440 g/mol. The first-order valence-electron chi connectivity index (χ1n) is 9.57. The molecule has 0 radical (unpaired) electrons. The number of aromatic nitrogens is 3. The van der Waals surface area contributed by atoms with Gasteiger partial charge in [-0.25, -0.2) is 15.0 Å². The van der Waals surface area contributed by atoms with Crippen LogP contribution in [0.5, 0.6) is 0 Å². The average Bonchev–Trinajstić information content (AvgIpc) is 2.76. The first-order chi connectivity index (χ1) is 14.8. The van der Waals surface area contributed by atoms with E-state index in [-0.39, 0.29) is 18.8 Å². The van der Waals surface area contributed by atoms with Gasteiger partial charge in [0.05, 0.1) is 12.5 Å². The Morgan fingerprint density at radius 2 is 2.10 bits per heavy atom. The van der Waals surface area contributed by atoms with E-state index in [1.54, 1.807) is 12.1 Å². The molecule has 0 aliphatic rings. The number of hydrogen-bond acceptors (Lipinski definition) is 7. The van der Waals surface area contributed by atoms with Crippen LogP contribution in [0.1, 0.15) is 38.2 Å². The largest absolute Gasteiger partial charge is 0.421 e. The van der Waals surface area contributed by atoms with Crippen LogP contribution >= 0.6 is 0 Å². The molecule has 2 heterocycles. The highest BCUT2D eigenvalue weighted by atomic mass is 19.4. The van der Waals surface area contributed by atoms with Crippen LogP contribution < -0.4 is 10.9 Å². The standard InChI is InChI=1S/C19H23F3N6O3/c1-2-3-4-6-14(11-28(31)12-29)18(30)27-26-17-15(19(20,21)22)10-24-16(25-17)13-7-5-8-23-9-13/h5,7-10,12,14,31H,2-4,6,11H2,1H3,(H,27,30)(H,24,25,26)/t14-/m1/s1. The molecule has 0 aliphatic heterocycles. The third kappa shape index (κ3) is 7.17. The van der Waals surface area contributed by atoms with E-state index in [0.29, 0.717) is 29.7 Å². The molecule has 0 unspecified atom stereocenters. The highest BCUT2D eigenvalue weighted by Gasteiger charge is 2.35. The fourth-order valence-electron chi connectivity index (χ4n) is 2.76. The minimum atomic E-state index is -4.76. The first-order valence-corrected chi connectivity index (χ1v) is 9.57. The van der Waals surface area contributed by atoms with Crippen LogP contribution in [0.2, 0.25) is 0 Å². The maximum absolute atomic E-state index is 13.4. The summed E-state index contributed by atoms with van der Waals surface area (Å²) in [7, 11) is 0. The molecule has 12 heteroatoms. The lowest BCUT2D eigenvalue weighted by atomic mass is 10.0. The zero-order valence-electron chi connectivity index (χ0n) is 16.8. The van der Waals surface area contributed by atoms with Crippen LogP contribution in [0, 0.1) is 5.92 Å². The third-order valence-electron chi connectivity index (χ3n) is 4.37. The molecule has 0 fully saturated rings. The summed E-state index contributed by atoms with van der Waals surface area (Å²) in [5, 5.41) is 9.74. The molecule has 2 aromatic heterocycles. The van der Waals surface area contributed by atoms with Gasteiger partial charge in [0, 0.05) is 24.2 Å². The van der Waals surface area contributed by atoms with Crippen molar-refractivity contribution in [2.75, 3.05) is 12.0 Å². The van der Waals surface area contributed by atoms with Crippen molar-refractivity contribution in [3.63, 3.8) is 0 Å². The number of amides is 2. The number of unbranched alkanes of at least 4 members (excludes halogenated alkanes) is 2. The number of carbonyl (C=O) groups excluding carboxylic acids is 2. The summed E-state index contributed by atoms with van der Waals surface area (Å²) in [6.45, 7) is 1.67. The van der Waals surface area contributed by atoms with Crippen molar-refractivity contribution in [1.29, 1.82) is 0 Å². The smallest absolute Gasteiger partial charge is 0.286 e. The number of anilines is 1. The van der Waals surface area contributed by atoms with Crippen LogP contribution in [0.25, 0.3) is 11.4 Å². The maximum Gasteiger partial charge on any atom is 0.421 e. The Bertz CT molecular complexity index is 867. The fraction of sp³-hybridized carbons (Fsp3) is 0.421. The minimum Gasteiger partial charge on any atom is -0.286 e. The van der Waals surface area contributed by atoms with Crippen molar-refractivity contribution in [2.45, 2.75) is 38.8 Å². The van der Waals surface area contributed by atoms with E-state index < -0.39 is 29.4 Å². The van der Waals surface area contributed by atoms with Crippen molar-refractivity contribution in [1.82, 2.24) is 25.4 Å². The number of alkyl halides is 3. The number of rotatable bonds is 11. The Morgan fingerprint density at radius 3 is 2.71 bits per heavy atom. The topological polar surface area (TPSA) is 120 Å². The number of halogens is 3. The van der Waals surface area contributed by atoms with Crippen LogP contribution in [0.3, 0.4) is 0 Å². The zero-order valence-corrected chi connectivity index (χ0v) is 16.8. The van der Waals surface area contributed by atoms with Gasteiger partial charge in [-0.15, -0.1) is 0 Å². The summed E-state index contributed by atoms with van der Waals surface area (Å²) in [6.07, 6.45) is 1.58. The predicted molar refractivity (Wildman–Crippen MR) is 104 cm³/mol. The Hall–Kier alpha value is -3.28. The molecule has 0 saturated heterocycles. The van der Waals surface area contributed by atoms with Crippen LogP contribution in [-0.2, 0) is 15.8 Å². The van der Waals surface area contributed by atoms with Gasteiger partial charge in [0.1, 0.15) is 5.56 Å². The van der Waals surface area contributed by atoms with Gasteiger partial charge in [0.2, 0.25) is 12.3 Å². The SMILES string of the molecule is CCCCC[C@H](CN(O)C=O)C(=O)NNc1nc(-c2cccnc2)ncc1C(F)(F)F. The zero-order chi connectivity index (χ0) is 22.9. The fourth-order valence-corrected chi connectivity index (χ4v) is 2.76. The second kappa shape index (κ2) is 11.2. The molecule has 31 heavy (non-hydrogen) atoms. The Kier molecular flexibility index (Phi) is 8.67. The second-order valence-corrected chi connectivity index (χ2v) is 6.73. The lowest BCUT2D eigenvalue weighted by Gasteiger charge is -2.21. The Morgan fingerprint density at radius 1 is 1.32 bits per heavy atom.